The largest absolute Gasteiger partial charge is 0.493 e. The number of hydrogen-bond acceptors (Lipinski definition) is 3. The number of aliphatic carboxylic acids is 1. The van der Waals surface area contributed by atoms with Crippen molar-refractivity contribution in [2.75, 3.05) is 6.61 Å². The number of nitrogens with two attached hydrogens (primary N) is 1. The quantitative estimate of drug-likeness (QED) is 0.792. The minimum absolute atomic E-state index is 0.186. The van der Waals surface area contributed by atoms with Crippen LogP contribution in [-0.2, 0) is 17.0 Å². The van der Waals surface area contributed by atoms with Crippen LogP contribution in [-0.4, -0.2) is 17.7 Å². The topological polar surface area (TPSA) is 72.6 Å². The van der Waals surface area contributed by atoms with Gasteiger partial charge in [0.1, 0.15) is 18.0 Å². The molecule has 0 aromatic heterocycles. The molecule has 1 unspecified atom stereocenters. The van der Waals surface area contributed by atoms with Gasteiger partial charge in [-0.25, -0.2) is 9.18 Å². The number of hydrogen-bond donors (Lipinski definition) is 2. The number of rotatable bonds is 2. The molecule has 1 aromatic carbocycles. The van der Waals surface area contributed by atoms with Crippen LogP contribution in [0.5, 0.6) is 5.75 Å². The van der Waals surface area contributed by atoms with Crippen LogP contribution in [0.1, 0.15) is 17.5 Å². The van der Waals surface area contributed by atoms with Crippen LogP contribution < -0.4 is 10.5 Å². The van der Waals surface area contributed by atoms with Crippen LogP contribution in [0, 0.1) is 0 Å². The molecule has 1 aliphatic heterocycles. The number of carboxylic acid groups (broad SMARTS) is 1. The van der Waals surface area contributed by atoms with Crippen molar-refractivity contribution in [2.24, 2.45) is 5.73 Å². The highest BCUT2D eigenvalue weighted by atomic mass is 19.1. The summed E-state index contributed by atoms with van der Waals surface area (Å²) in [6.45, 7) is -0.395. The van der Waals surface area contributed by atoms with E-state index < -0.39 is 18.2 Å². The molecule has 2 rings (SSSR count). The molecule has 86 valence electrons. The minimum atomic E-state index is -1.47. The van der Waals surface area contributed by atoms with Crippen molar-refractivity contribution < 1.29 is 19.0 Å². The zero-order chi connectivity index (χ0) is 11.8. The molecular weight excluding hydrogens is 213 g/mol. The Morgan fingerprint density at radius 3 is 3.00 bits per heavy atom. The van der Waals surface area contributed by atoms with Crippen LogP contribution in [0.15, 0.2) is 18.2 Å². The zero-order valence-corrected chi connectivity index (χ0v) is 8.57. The monoisotopic (exact) mass is 225 g/mol. The number of fused-ring (bicyclic) bond motifs is 1. The summed E-state index contributed by atoms with van der Waals surface area (Å²) < 4.78 is 17.8. The standard InChI is InChI=1S/C11H12FNO3/c12-6-7-1-2-9-8(5-7)11(13,10(14)15)3-4-16-9/h1-2,5H,3-4,6,13H2,(H,14,15). The molecule has 1 aromatic rings. The van der Waals surface area contributed by atoms with Crippen molar-refractivity contribution in [3.8, 4) is 5.75 Å². The van der Waals surface area contributed by atoms with Gasteiger partial charge in [-0.2, -0.15) is 0 Å². The third kappa shape index (κ3) is 1.53. The summed E-state index contributed by atoms with van der Waals surface area (Å²) in [6, 6.07) is 4.59. The lowest BCUT2D eigenvalue weighted by molar-refractivity contribution is -0.144. The van der Waals surface area contributed by atoms with Gasteiger partial charge in [0.2, 0.25) is 0 Å². The highest BCUT2D eigenvalue weighted by Crippen LogP contribution is 2.36. The summed E-state index contributed by atoms with van der Waals surface area (Å²) in [7, 11) is 0. The number of carboxylic acids is 1. The van der Waals surface area contributed by atoms with Crippen molar-refractivity contribution in [1.82, 2.24) is 0 Å². The van der Waals surface area contributed by atoms with E-state index in [1.807, 2.05) is 0 Å². The van der Waals surface area contributed by atoms with Crippen molar-refractivity contribution in [1.29, 1.82) is 0 Å². The smallest absolute Gasteiger partial charge is 0.328 e. The maximum Gasteiger partial charge on any atom is 0.328 e. The van der Waals surface area contributed by atoms with Gasteiger partial charge in [0.05, 0.1) is 6.61 Å². The highest BCUT2D eigenvalue weighted by Gasteiger charge is 2.41. The van der Waals surface area contributed by atoms with E-state index in [0.717, 1.165) is 0 Å². The number of carbonyl (C=O) groups is 1. The molecule has 1 atom stereocenters. The molecule has 0 radical (unpaired) electrons. The summed E-state index contributed by atoms with van der Waals surface area (Å²) in [5, 5.41) is 9.13. The second kappa shape index (κ2) is 3.75. The summed E-state index contributed by atoms with van der Waals surface area (Å²) in [6.07, 6.45) is 0.186. The Kier molecular flexibility index (Phi) is 2.55. The molecule has 1 heterocycles. The third-order valence-corrected chi connectivity index (χ3v) is 2.81. The fraction of sp³-hybridized carbons (Fsp3) is 0.364. The lowest BCUT2D eigenvalue weighted by Gasteiger charge is -2.32. The van der Waals surface area contributed by atoms with Crippen LogP contribution in [0.2, 0.25) is 0 Å². The van der Waals surface area contributed by atoms with Gasteiger partial charge < -0.3 is 15.6 Å². The predicted molar refractivity (Wildman–Crippen MR) is 54.9 cm³/mol. The Morgan fingerprint density at radius 2 is 2.38 bits per heavy atom. The predicted octanol–water partition coefficient (Wildman–Crippen LogP) is 1.18. The summed E-state index contributed by atoms with van der Waals surface area (Å²) >= 11 is 0. The summed E-state index contributed by atoms with van der Waals surface area (Å²) in [4.78, 5) is 11.2. The van der Waals surface area contributed by atoms with Gasteiger partial charge >= 0.3 is 5.97 Å². The van der Waals surface area contributed by atoms with E-state index in [4.69, 9.17) is 15.6 Å². The Hall–Kier alpha value is -1.62. The first-order chi connectivity index (χ1) is 7.58. The van der Waals surface area contributed by atoms with E-state index in [2.05, 4.69) is 0 Å². The van der Waals surface area contributed by atoms with Gasteiger partial charge in [-0.3, -0.25) is 0 Å². The highest BCUT2D eigenvalue weighted by molar-refractivity contribution is 5.82. The van der Waals surface area contributed by atoms with E-state index in [1.54, 1.807) is 12.1 Å². The SMILES string of the molecule is NC1(C(=O)O)CCOc2ccc(CF)cc21. The van der Waals surface area contributed by atoms with Gasteiger partial charge in [-0.1, -0.05) is 6.07 Å². The molecule has 0 bridgehead atoms. The second-order valence-electron chi connectivity index (χ2n) is 3.84. The number of halogens is 1. The van der Waals surface area contributed by atoms with Crippen molar-refractivity contribution >= 4 is 5.97 Å². The second-order valence-corrected chi connectivity index (χ2v) is 3.84. The van der Waals surface area contributed by atoms with Gasteiger partial charge in [-0.05, 0) is 17.7 Å². The minimum Gasteiger partial charge on any atom is -0.493 e. The normalized spacial score (nSPS) is 23.4. The molecular formula is C11H12FNO3. The van der Waals surface area contributed by atoms with Crippen molar-refractivity contribution in [2.45, 2.75) is 18.6 Å². The maximum atomic E-state index is 12.5. The van der Waals surface area contributed by atoms with Crippen molar-refractivity contribution in [3.05, 3.63) is 29.3 Å². The fourth-order valence-corrected chi connectivity index (χ4v) is 1.81. The maximum absolute atomic E-state index is 12.5. The van der Waals surface area contributed by atoms with E-state index in [-0.39, 0.29) is 13.0 Å². The lowest BCUT2D eigenvalue weighted by Crippen LogP contribution is -2.48. The van der Waals surface area contributed by atoms with Gasteiger partial charge in [0.15, 0.2) is 0 Å². The molecule has 0 aliphatic carbocycles. The average molecular weight is 225 g/mol. The first kappa shape index (κ1) is 10.9. The molecule has 0 saturated carbocycles. The average Bonchev–Trinajstić information content (AvgIpc) is 2.29. The third-order valence-electron chi connectivity index (χ3n) is 2.81. The zero-order valence-electron chi connectivity index (χ0n) is 8.57. The Bertz CT molecular complexity index is 435. The van der Waals surface area contributed by atoms with Crippen LogP contribution >= 0.6 is 0 Å². The fourth-order valence-electron chi connectivity index (χ4n) is 1.81. The molecule has 0 spiro atoms. The number of benzene rings is 1. The Labute approximate surface area is 91.8 Å². The van der Waals surface area contributed by atoms with Crippen molar-refractivity contribution in [3.63, 3.8) is 0 Å². The first-order valence-electron chi connectivity index (χ1n) is 4.92. The van der Waals surface area contributed by atoms with E-state index in [9.17, 15) is 9.18 Å². The van der Waals surface area contributed by atoms with Crippen LogP contribution in [0.3, 0.4) is 0 Å². The van der Waals surface area contributed by atoms with Crippen LogP contribution in [0.4, 0.5) is 4.39 Å². The molecule has 0 amide bonds. The van der Waals surface area contributed by atoms with Crippen LogP contribution in [0.25, 0.3) is 0 Å². The number of alkyl halides is 1. The molecule has 0 saturated heterocycles. The molecule has 3 N–H and O–H groups in total. The molecule has 4 nitrogen and oxygen atoms in total. The Balaban J connectivity index is 2.55. The number of ether oxygens (including phenoxy) is 1. The van der Waals surface area contributed by atoms with E-state index >= 15 is 0 Å². The molecule has 5 heteroatoms. The van der Waals surface area contributed by atoms with Gasteiger partial charge in [0.25, 0.3) is 0 Å². The molecule has 0 fully saturated rings. The van der Waals surface area contributed by atoms with Gasteiger partial charge in [0, 0.05) is 12.0 Å². The lowest BCUT2D eigenvalue weighted by atomic mass is 9.85. The molecule has 1 aliphatic rings. The summed E-state index contributed by atoms with van der Waals surface area (Å²) in [5.41, 5.74) is 5.11. The Morgan fingerprint density at radius 1 is 1.62 bits per heavy atom. The van der Waals surface area contributed by atoms with Gasteiger partial charge in [-0.15, -0.1) is 0 Å². The summed E-state index contributed by atoms with van der Waals surface area (Å²) in [5.74, 6) is -0.693. The molecule has 16 heavy (non-hydrogen) atoms. The first-order valence-corrected chi connectivity index (χ1v) is 4.92. The van der Waals surface area contributed by atoms with E-state index in [0.29, 0.717) is 16.9 Å². The van der Waals surface area contributed by atoms with E-state index in [1.165, 1.54) is 6.07 Å².